The van der Waals surface area contributed by atoms with Gasteiger partial charge in [-0.2, -0.15) is 5.26 Å². The summed E-state index contributed by atoms with van der Waals surface area (Å²) in [5.41, 5.74) is 1.60. The van der Waals surface area contributed by atoms with Gasteiger partial charge in [0.15, 0.2) is 5.82 Å². The minimum absolute atomic E-state index is 0.160. The fraction of sp³-hybridized carbons (Fsp3) is 0.200. The largest absolute Gasteiger partial charge is 0.508 e. The molecule has 4 aromatic rings. The average molecular weight is 456 g/mol. The van der Waals surface area contributed by atoms with Gasteiger partial charge in [0.05, 0.1) is 10.2 Å². The van der Waals surface area contributed by atoms with Gasteiger partial charge in [0, 0.05) is 13.0 Å². The van der Waals surface area contributed by atoms with E-state index >= 15 is 0 Å². The van der Waals surface area contributed by atoms with Crippen LogP contribution in [0, 0.1) is 11.3 Å². The van der Waals surface area contributed by atoms with Crippen LogP contribution in [-0.4, -0.2) is 24.4 Å². The molecule has 0 bridgehead atoms. The van der Waals surface area contributed by atoms with Gasteiger partial charge in [-0.05, 0) is 48.7 Å². The number of para-hydroxylation sites is 1. The van der Waals surface area contributed by atoms with Crippen molar-refractivity contribution in [1.29, 1.82) is 5.26 Å². The molecular formula is C25H21N5O2S. The molecule has 2 aromatic heterocycles. The third-order valence-corrected chi connectivity index (χ3v) is 6.78. The van der Waals surface area contributed by atoms with E-state index in [0.717, 1.165) is 43.6 Å². The zero-order chi connectivity index (χ0) is 22.8. The highest BCUT2D eigenvalue weighted by Crippen LogP contribution is 2.18. The van der Waals surface area contributed by atoms with E-state index in [4.69, 9.17) is 0 Å². The van der Waals surface area contributed by atoms with E-state index in [1.165, 1.54) is 11.3 Å². The zero-order valence-electron chi connectivity index (χ0n) is 17.8. The molecule has 1 aliphatic rings. The Balaban J connectivity index is 1.82. The van der Waals surface area contributed by atoms with Gasteiger partial charge in [0.2, 0.25) is 0 Å². The molecule has 0 saturated heterocycles. The van der Waals surface area contributed by atoms with Gasteiger partial charge in [-0.15, -0.1) is 21.5 Å². The molecule has 2 aromatic carbocycles. The van der Waals surface area contributed by atoms with Gasteiger partial charge in [-0.25, -0.2) is 0 Å². The number of benzene rings is 2. The fourth-order valence-corrected chi connectivity index (χ4v) is 5.15. The predicted molar refractivity (Wildman–Crippen MR) is 127 cm³/mol. The van der Waals surface area contributed by atoms with Crippen LogP contribution in [0.3, 0.4) is 0 Å². The zero-order valence-corrected chi connectivity index (χ0v) is 18.6. The van der Waals surface area contributed by atoms with Crippen molar-refractivity contribution in [3.63, 3.8) is 0 Å². The van der Waals surface area contributed by atoms with Crippen LogP contribution in [0.5, 0.6) is 5.75 Å². The molecule has 0 atom stereocenters. The molecule has 1 N–H and O–H groups in total. The van der Waals surface area contributed by atoms with E-state index in [2.05, 4.69) is 16.3 Å². The highest BCUT2D eigenvalue weighted by atomic mass is 32.1. The molecule has 0 amide bonds. The third-order valence-electron chi connectivity index (χ3n) is 5.69. The standard InChI is InChI=1S/C25H21N5O2S/c26-16-20(23-28-27-22-9-5-2-6-14-29(22)23)25-30(18-7-3-1-4-8-18)24(32)21(33-25)15-17-10-12-19(31)13-11-17/h1,3-4,7-8,10-13,15,31H,2,5-6,9,14H2/b21-15+,25-20-. The lowest BCUT2D eigenvalue weighted by molar-refractivity contribution is 0.475. The summed E-state index contributed by atoms with van der Waals surface area (Å²) in [4.78, 5) is 13.5. The van der Waals surface area contributed by atoms with Crippen molar-refractivity contribution in [2.45, 2.75) is 32.2 Å². The Bertz CT molecular complexity index is 1520. The highest BCUT2D eigenvalue weighted by Gasteiger charge is 2.21. The first-order valence-corrected chi connectivity index (χ1v) is 11.6. The molecule has 1 aliphatic heterocycles. The third kappa shape index (κ3) is 3.99. The minimum Gasteiger partial charge on any atom is -0.508 e. The van der Waals surface area contributed by atoms with Crippen molar-refractivity contribution < 1.29 is 5.11 Å². The number of aryl methyl sites for hydroxylation is 1. The van der Waals surface area contributed by atoms with Crippen LogP contribution in [0.4, 0.5) is 0 Å². The summed E-state index contributed by atoms with van der Waals surface area (Å²) in [6.07, 6.45) is 5.78. The van der Waals surface area contributed by atoms with E-state index in [1.54, 1.807) is 34.9 Å². The highest BCUT2D eigenvalue weighted by molar-refractivity contribution is 7.07. The van der Waals surface area contributed by atoms with Crippen LogP contribution in [-0.2, 0) is 13.0 Å². The number of fused-ring (bicyclic) bond motifs is 1. The smallest absolute Gasteiger partial charge is 0.273 e. The molecule has 0 spiro atoms. The summed E-state index contributed by atoms with van der Waals surface area (Å²) in [5.74, 6) is 1.56. The molecule has 33 heavy (non-hydrogen) atoms. The SMILES string of the molecule is N#C/C(c1nnc2n1CCCCC2)=c1/s/c(=C/c2ccc(O)cc2)c(=O)n1-c1ccccc1. The fourth-order valence-electron chi connectivity index (χ4n) is 4.05. The number of rotatable bonds is 3. The summed E-state index contributed by atoms with van der Waals surface area (Å²) in [5, 5.41) is 28.5. The molecule has 5 rings (SSSR count). The second-order valence-electron chi connectivity index (χ2n) is 7.87. The summed E-state index contributed by atoms with van der Waals surface area (Å²) in [6, 6.07) is 18.3. The number of nitriles is 1. The first-order valence-electron chi connectivity index (χ1n) is 10.8. The van der Waals surface area contributed by atoms with Crippen LogP contribution in [0.15, 0.2) is 59.4 Å². The second-order valence-corrected chi connectivity index (χ2v) is 8.90. The van der Waals surface area contributed by atoms with Crippen molar-refractivity contribution >= 4 is 23.0 Å². The van der Waals surface area contributed by atoms with Crippen LogP contribution < -0.4 is 14.8 Å². The first-order chi connectivity index (χ1) is 16.2. The van der Waals surface area contributed by atoms with E-state index in [-0.39, 0.29) is 11.3 Å². The van der Waals surface area contributed by atoms with Gasteiger partial charge in [0.25, 0.3) is 5.56 Å². The normalized spacial score (nSPS) is 14.9. The molecule has 0 unspecified atom stereocenters. The number of phenolic OH excluding ortho intramolecular Hbond substituents is 1. The Kier molecular flexibility index (Phi) is 5.63. The maximum atomic E-state index is 13.5. The predicted octanol–water partition coefficient (Wildman–Crippen LogP) is 2.47. The molecule has 0 radical (unpaired) electrons. The summed E-state index contributed by atoms with van der Waals surface area (Å²) < 4.78 is 4.61. The number of aromatic hydroxyl groups is 1. The summed E-state index contributed by atoms with van der Waals surface area (Å²) in [7, 11) is 0. The van der Waals surface area contributed by atoms with E-state index in [0.29, 0.717) is 26.3 Å². The molecule has 7 nitrogen and oxygen atoms in total. The lowest BCUT2D eigenvalue weighted by atomic mass is 10.2. The Morgan fingerprint density at radius 1 is 1.06 bits per heavy atom. The molecule has 3 heterocycles. The number of nitrogens with zero attached hydrogens (tertiary/aromatic N) is 5. The maximum Gasteiger partial charge on any atom is 0.273 e. The Hall–Kier alpha value is -3.96. The van der Waals surface area contributed by atoms with Crippen molar-refractivity contribution in [3.8, 4) is 17.5 Å². The monoisotopic (exact) mass is 455 g/mol. The summed E-state index contributed by atoms with van der Waals surface area (Å²) in [6.45, 7) is 0.760. The van der Waals surface area contributed by atoms with Gasteiger partial charge in [-0.1, -0.05) is 36.8 Å². The second kappa shape index (κ2) is 8.88. The quantitative estimate of drug-likeness (QED) is 0.512. The lowest BCUT2D eigenvalue weighted by Gasteiger charge is -2.07. The van der Waals surface area contributed by atoms with E-state index < -0.39 is 0 Å². The molecule has 8 heteroatoms. The number of thiazole rings is 1. The number of phenols is 1. The van der Waals surface area contributed by atoms with Gasteiger partial charge >= 0.3 is 0 Å². The van der Waals surface area contributed by atoms with Crippen LogP contribution >= 0.6 is 11.3 Å². The van der Waals surface area contributed by atoms with Gasteiger partial charge in [0.1, 0.15) is 27.9 Å². The van der Waals surface area contributed by atoms with Crippen molar-refractivity contribution in [2.24, 2.45) is 0 Å². The molecule has 0 fully saturated rings. The molecule has 0 saturated carbocycles. The number of hydrogen-bond donors (Lipinski definition) is 1. The van der Waals surface area contributed by atoms with Crippen LogP contribution in [0.25, 0.3) is 17.3 Å². The molecule has 164 valence electrons. The number of hydrogen-bond acceptors (Lipinski definition) is 6. The number of aromatic nitrogens is 4. The Morgan fingerprint density at radius 3 is 2.61 bits per heavy atom. The lowest BCUT2D eigenvalue weighted by Crippen LogP contribution is -2.31. The van der Waals surface area contributed by atoms with E-state index in [9.17, 15) is 15.2 Å². The van der Waals surface area contributed by atoms with Crippen LogP contribution in [0.1, 0.15) is 36.5 Å². The van der Waals surface area contributed by atoms with Crippen molar-refractivity contribution in [3.05, 3.63) is 91.4 Å². The first kappa shape index (κ1) is 20.9. The molecular weight excluding hydrogens is 434 g/mol. The Labute approximate surface area is 193 Å². The maximum absolute atomic E-state index is 13.5. The topological polar surface area (TPSA) is 96.7 Å². The van der Waals surface area contributed by atoms with Crippen molar-refractivity contribution in [2.75, 3.05) is 0 Å². The average Bonchev–Trinajstić information content (AvgIpc) is 3.27. The molecule has 0 aliphatic carbocycles. The van der Waals surface area contributed by atoms with Gasteiger partial charge < -0.3 is 9.67 Å². The van der Waals surface area contributed by atoms with E-state index in [1.807, 2.05) is 34.9 Å². The van der Waals surface area contributed by atoms with Gasteiger partial charge in [-0.3, -0.25) is 9.36 Å². The Morgan fingerprint density at radius 2 is 1.85 bits per heavy atom. The minimum atomic E-state index is -0.211. The van der Waals surface area contributed by atoms with Crippen LogP contribution in [0.2, 0.25) is 0 Å². The summed E-state index contributed by atoms with van der Waals surface area (Å²) >= 11 is 1.26. The van der Waals surface area contributed by atoms with Crippen molar-refractivity contribution in [1.82, 2.24) is 19.3 Å².